The van der Waals surface area contributed by atoms with E-state index in [0.717, 1.165) is 10.0 Å². The van der Waals surface area contributed by atoms with Crippen molar-refractivity contribution in [3.05, 3.63) is 70.2 Å². The molecule has 0 unspecified atom stereocenters. The minimum Gasteiger partial charge on any atom is -0.460 e. The molecule has 2 N–H and O–H groups in total. The maximum atomic E-state index is 11.9. The lowest BCUT2D eigenvalue weighted by Crippen LogP contribution is -2.39. The van der Waals surface area contributed by atoms with E-state index < -0.39 is 11.9 Å². The van der Waals surface area contributed by atoms with Crippen LogP contribution in [-0.4, -0.2) is 30.9 Å². The van der Waals surface area contributed by atoms with Crippen molar-refractivity contribution in [2.45, 2.75) is 6.61 Å². The fraction of sp³-hybridized carbons (Fsp3) is 0.167. The van der Waals surface area contributed by atoms with E-state index in [2.05, 4.69) is 26.6 Å². The van der Waals surface area contributed by atoms with E-state index in [1.54, 1.807) is 24.3 Å². The van der Waals surface area contributed by atoms with Gasteiger partial charge < -0.3 is 15.4 Å². The summed E-state index contributed by atoms with van der Waals surface area (Å²) in [6.45, 7) is -0.328. The summed E-state index contributed by atoms with van der Waals surface area (Å²) in [6, 6.07) is 16.0. The molecule has 2 aromatic carbocycles. The Kier molecular flexibility index (Phi) is 7.16. The van der Waals surface area contributed by atoms with Gasteiger partial charge in [0.15, 0.2) is 0 Å². The number of hydrogen-bond acceptors (Lipinski definition) is 4. The van der Waals surface area contributed by atoms with E-state index in [0.29, 0.717) is 5.56 Å². The summed E-state index contributed by atoms with van der Waals surface area (Å²) in [5, 5.41) is 4.88. The SMILES string of the molecule is O=C(CNC(=O)c1cccc(Br)c1)NCC(=O)OCc1ccccc1. The molecule has 0 aliphatic heterocycles. The van der Waals surface area contributed by atoms with Crippen LogP contribution in [0.15, 0.2) is 59.1 Å². The van der Waals surface area contributed by atoms with Gasteiger partial charge in [0.1, 0.15) is 13.2 Å². The number of carbonyl (C=O) groups is 3. The van der Waals surface area contributed by atoms with Gasteiger partial charge in [-0.15, -0.1) is 0 Å². The molecule has 0 aliphatic rings. The number of esters is 1. The fourth-order valence-corrected chi connectivity index (χ4v) is 2.31. The molecule has 0 fully saturated rings. The Hall–Kier alpha value is -2.67. The van der Waals surface area contributed by atoms with Crippen LogP contribution in [0.4, 0.5) is 0 Å². The largest absolute Gasteiger partial charge is 0.460 e. The minimum atomic E-state index is -0.546. The topological polar surface area (TPSA) is 84.5 Å². The van der Waals surface area contributed by atoms with E-state index in [9.17, 15) is 14.4 Å². The summed E-state index contributed by atoms with van der Waals surface area (Å²) in [6.07, 6.45) is 0. The average Bonchev–Trinajstić information content (AvgIpc) is 2.63. The van der Waals surface area contributed by atoms with E-state index >= 15 is 0 Å². The standard InChI is InChI=1S/C18H17BrN2O4/c19-15-8-4-7-14(9-15)18(24)21-10-16(22)20-11-17(23)25-12-13-5-2-1-3-6-13/h1-9H,10-12H2,(H,20,22)(H,21,24). The molecule has 0 saturated carbocycles. The summed E-state index contributed by atoms with van der Waals surface area (Å²) in [5.74, 6) is -1.39. The Morgan fingerprint density at radius 2 is 1.68 bits per heavy atom. The number of hydrogen-bond donors (Lipinski definition) is 2. The fourth-order valence-electron chi connectivity index (χ4n) is 1.91. The highest BCUT2D eigenvalue weighted by Gasteiger charge is 2.10. The quantitative estimate of drug-likeness (QED) is 0.691. The Bertz CT molecular complexity index is 750. The predicted molar refractivity (Wildman–Crippen MR) is 95.7 cm³/mol. The van der Waals surface area contributed by atoms with E-state index in [1.807, 2.05) is 30.3 Å². The summed E-state index contributed by atoms with van der Waals surface area (Å²) in [5.41, 5.74) is 1.30. The van der Waals surface area contributed by atoms with Crippen LogP contribution in [0.25, 0.3) is 0 Å². The zero-order valence-electron chi connectivity index (χ0n) is 13.3. The van der Waals surface area contributed by atoms with Crippen LogP contribution in [0.3, 0.4) is 0 Å². The van der Waals surface area contributed by atoms with Crippen LogP contribution >= 0.6 is 15.9 Å². The van der Waals surface area contributed by atoms with Crippen LogP contribution in [0.2, 0.25) is 0 Å². The Morgan fingerprint density at radius 1 is 0.920 bits per heavy atom. The smallest absolute Gasteiger partial charge is 0.325 e. The molecule has 0 saturated heterocycles. The number of carbonyl (C=O) groups excluding carboxylic acids is 3. The van der Waals surface area contributed by atoms with Crippen molar-refractivity contribution in [2.24, 2.45) is 0 Å². The van der Waals surface area contributed by atoms with Crippen LogP contribution in [-0.2, 0) is 20.9 Å². The van der Waals surface area contributed by atoms with Crippen LogP contribution in [0.5, 0.6) is 0 Å². The molecule has 0 heterocycles. The van der Waals surface area contributed by atoms with Crippen molar-refractivity contribution >= 4 is 33.7 Å². The maximum absolute atomic E-state index is 11.9. The molecule has 0 aromatic heterocycles. The Balaban J connectivity index is 1.66. The first-order valence-corrected chi connectivity index (χ1v) is 8.34. The second kappa shape index (κ2) is 9.58. The third-order valence-electron chi connectivity index (χ3n) is 3.17. The number of amides is 2. The van der Waals surface area contributed by atoms with E-state index in [1.165, 1.54) is 0 Å². The van der Waals surface area contributed by atoms with Crippen molar-refractivity contribution in [2.75, 3.05) is 13.1 Å². The number of halogens is 1. The molecule has 7 heteroatoms. The molecule has 25 heavy (non-hydrogen) atoms. The Morgan fingerprint density at radius 3 is 2.40 bits per heavy atom. The molecule has 2 amide bonds. The van der Waals surface area contributed by atoms with Gasteiger partial charge in [-0.05, 0) is 23.8 Å². The summed E-state index contributed by atoms with van der Waals surface area (Å²) < 4.78 is 5.81. The molecule has 2 aromatic rings. The molecule has 0 bridgehead atoms. The van der Waals surface area contributed by atoms with Gasteiger partial charge in [0, 0.05) is 10.0 Å². The molecular formula is C18H17BrN2O4. The van der Waals surface area contributed by atoms with Gasteiger partial charge in [-0.25, -0.2) is 0 Å². The third-order valence-corrected chi connectivity index (χ3v) is 3.66. The van der Waals surface area contributed by atoms with Gasteiger partial charge in [0.2, 0.25) is 5.91 Å². The minimum absolute atomic E-state index is 0.148. The molecule has 0 aliphatic carbocycles. The van der Waals surface area contributed by atoms with Crippen molar-refractivity contribution in [1.29, 1.82) is 0 Å². The maximum Gasteiger partial charge on any atom is 0.325 e. The number of nitrogens with one attached hydrogen (secondary N) is 2. The molecule has 0 spiro atoms. The van der Waals surface area contributed by atoms with Gasteiger partial charge in [-0.1, -0.05) is 52.3 Å². The first-order valence-electron chi connectivity index (χ1n) is 7.54. The number of benzene rings is 2. The van der Waals surface area contributed by atoms with E-state index in [4.69, 9.17) is 4.74 Å². The average molecular weight is 405 g/mol. The number of ether oxygens (including phenoxy) is 1. The molecular weight excluding hydrogens is 388 g/mol. The van der Waals surface area contributed by atoms with Crippen molar-refractivity contribution in [1.82, 2.24) is 10.6 Å². The van der Waals surface area contributed by atoms with Crippen molar-refractivity contribution < 1.29 is 19.1 Å². The summed E-state index contributed by atoms with van der Waals surface area (Å²) in [4.78, 5) is 35.2. The van der Waals surface area contributed by atoms with Gasteiger partial charge in [-0.2, -0.15) is 0 Å². The lowest BCUT2D eigenvalue weighted by molar-refractivity contribution is -0.145. The second-order valence-electron chi connectivity index (χ2n) is 5.12. The number of rotatable bonds is 7. The van der Waals surface area contributed by atoms with Gasteiger partial charge >= 0.3 is 5.97 Å². The van der Waals surface area contributed by atoms with Gasteiger partial charge in [0.05, 0.1) is 6.54 Å². The van der Waals surface area contributed by atoms with Gasteiger partial charge in [0.25, 0.3) is 5.91 Å². The highest BCUT2D eigenvalue weighted by atomic mass is 79.9. The lowest BCUT2D eigenvalue weighted by Gasteiger charge is -2.08. The Labute approximate surface area is 153 Å². The van der Waals surface area contributed by atoms with Crippen LogP contribution in [0.1, 0.15) is 15.9 Å². The molecule has 6 nitrogen and oxygen atoms in total. The molecule has 2 rings (SSSR count). The van der Waals surface area contributed by atoms with Crippen LogP contribution in [0, 0.1) is 0 Å². The monoisotopic (exact) mass is 404 g/mol. The van der Waals surface area contributed by atoms with Crippen LogP contribution < -0.4 is 10.6 Å². The first-order chi connectivity index (χ1) is 12.0. The highest BCUT2D eigenvalue weighted by molar-refractivity contribution is 9.10. The summed E-state index contributed by atoms with van der Waals surface area (Å²) in [7, 11) is 0. The van der Waals surface area contributed by atoms with Crippen molar-refractivity contribution in [3.8, 4) is 0 Å². The van der Waals surface area contributed by atoms with Crippen molar-refractivity contribution in [3.63, 3.8) is 0 Å². The predicted octanol–water partition coefficient (Wildman–Crippen LogP) is 2.04. The molecule has 0 atom stereocenters. The zero-order chi connectivity index (χ0) is 18.1. The van der Waals surface area contributed by atoms with Gasteiger partial charge in [-0.3, -0.25) is 14.4 Å². The molecule has 130 valence electrons. The zero-order valence-corrected chi connectivity index (χ0v) is 14.9. The highest BCUT2D eigenvalue weighted by Crippen LogP contribution is 2.11. The lowest BCUT2D eigenvalue weighted by atomic mass is 10.2. The first kappa shape index (κ1) is 18.7. The second-order valence-corrected chi connectivity index (χ2v) is 6.03. The molecule has 0 radical (unpaired) electrons. The summed E-state index contributed by atoms with van der Waals surface area (Å²) >= 11 is 3.27. The van der Waals surface area contributed by atoms with E-state index in [-0.39, 0.29) is 25.6 Å². The third kappa shape index (κ3) is 6.76. The normalized spacial score (nSPS) is 9.96.